The van der Waals surface area contributed by atoms with Crippen LogP contribution in [0, 0.1) is 11.8 Å². The van der Waals surface area contributed by atoms with Crippen molar-refractivity contribution in [3.8, 4) is 0 Å². The van der Waals surface area contributed by atoms with Crippen LogP contribution in [0.4, 0.5) is 0 Å². The monoisotopic (exact) mass is 792 g/mol. The zero-order valence-corrected chi connectivity index (χ0v) is 31.5. The van der Waals surface area contributed by atoms with E-state index in [0.29, 0.717) is 44.7 Å². The van der Waals surface area contributed by atoms with Crippen LogP contribution in [-0.2, 0) is 33.4 Å². The molecule has 6 rings (SSSR count). The van der Waals surface area contributed by atoms with E-state index >= 15 is 4.79 Å². The second-order valence-electron chi connectivity index (χ2n) is 14.0. The number of allylic oxidation sites excluding steroid dienone is 1. The average molecular weight is 794 g/mol. The molecule has 3 amide bonds. The minimum atomic E-state index is -1.35. The lowest BCUT2D eigenvalue weighted by molar-refractivity contribution is -0.151. The molecular weight excluding hydrogens is 744 g/mol. The number of aliphatic hydroxyl groups is 1. The Kier molecular flexibility index (Phi) is 12.8. The topological polar surface area (TPSA) is 138 Å². The number of nitrogens with zero attached hydrogens (tertiary/aromatic N) is 3. The molecule has 4 heterocycles. The van der Waals surface area contributed by atoms with Crippen molar-refractivity contribution in [1.82, 2.24) is 20.0 Å². The first-order valence-corrected chi connectivity index (χ1v) is 19.3. The summed E-state index contributed by atoms with van der Waals surface area (Å²) in [5, 5.41) is 14.0. The molecule has 2 bridgehead atoms. The molecule has 0 saturated carbocycles. The van der Waals surface area contributed by atoms with Gasteiger partial charge >= 0.3 is 5.97 Å². The molecule has 2 aromatic carbocycles. The van der Waals surface area contributed by atoms with Crippen LogP contribution in [0.3, 0.4) is 0 Å². The first-order valence-electron chi connectivity index (χ1n) is 18.4. The molecule has 0 aromatic heterocycles. The predicted octanol–water partition coefficient (Wildman–Crippen LogP) is 3.18. The van der Waals surface area contributed by atoms with Gasteiger partial charge < -0.3 is 34.4 Å². The number of alkyl halides is 1. The highest BCUT2D eigenvalue weighted by Crippen LogP contribution is 2.61. The van der Waals surface area contributed by atoms with Crippen molar-refractivity contribution in [3.63, 3.8) is 0 Å². The van der Waals surface area contributed by atoms with Gasteiger partial charge in [0.05, 0.1) is 49.8 Å². The number of benzene rings is 2. The number of rotatable bonds is 17. The van der Waals surface area contributed by atoms with E-state index in [2.05, 4.69) is 39.3 Å². The summed E-state index contributed by atoms with van der Waals surface area (Å²) < 4.78 is 17.9. The van der Waals surface area contributed by atoms with Crippen molar-refractivity contribution in [2.24, 2.45) is 11.8 Å². The summed E-state index contributed by atoms with van der Waals surface area (Å²) in [6.07, 6.45) is 3.53. The molecule has 1 spiro atoms. The second kappa shape index (κ2) is 17.5. The summed E-state index contributed by atoms with van der Waals surface area (Å²) in [4.78, 5) is 62.1. The Balaban J connectivity index is 1.34. The molecule has 2 N–H and O–H groups in total. The molecule has 13 heteroatoms. The van der Waals surface area contributed by atoms with Crippen molar-refractivity contribution >= 4 is 39.6 Å². The molecule has 4 fully saturated rings. The Morgan fingerprint density at radius 2 is 1.74 bits per heavy atom. The van der Waals surface area contributed by atoms with Crippen molar-refractivity contribution in [2.45, 2.75) is 53.9 Å². The third kappa shape index (κ3) is 8.00. The van der Waals surface area contributed by atoms with Crippen LogP contribution in [0.25, 0.3) is 0 Å². The molecule has 4 aliphatic rings. The molecule has 4 saturated heterocycles. The van der Waals surface area contributed by atoms with Gasteiger partial charge in [-0.1, -0.05) is 88.7 Å². The Morgan fingerprint density at radius 3 is 2.38 bits per heavy atom. The highest BCUT2D eigenvalue weighted by atomic mass is 79.9. The van der Waals surface area contributed by atoms with Crippen LogP contribution >= 0.6 is 15.9 Å². The van der Waals surface area contributed by atoms with Crippen LogP contribution in [0.2, 0.25) is 0 Å². The highest BCUT2D eigenvalue weighted by Gasteiger charge is 2.77. The highest BCUT2D eigenvalue weighted by molar-refractivity contribution is 9.09. The number of likely N-dealkylation sites (tertiary alicyclic amines) is 1. The summed E-state index contributed by atoms with van der Waals surface area (Å²) >= 11 is 3.77. The number of morpholine rings is 1. The van der Waals surface area contributed by atoms with E-state index in [1.54, 1.807) is 17.1 Å². The number of nitrogens with one attached hydrogen (secondary N) is 1. The van der Waals surface area contributed by atoms with Crippen molar-refractivity contribution < 1.29 is 38.5 Å². The van der Waals surface area contributed by atoms with Crippen LogP contribution in [0.1, 0.15) is 42.5 Å². The van der Waals surface area contributed by atoms with Gasteiger partial charge in [0.25, 0.3) is 0 Å². The maximum absolute atomic E-state index is 15.0. The van der Waals surface area contributed by atoms with E-state index < -0.39 is 66.1 Å². The van der Waals surface area contributed by atoms with Gasteiger partial charge in [0, 0.05) is 44.0 Å². The maximum atomic E-state index is 15.0. The number of esters is 1. The molecular formula is C40H49BrN4O8. The van der Waals surface area contributed by atoms with Gasteiger partial charge in [-0.2, -0.15) is 0 Å². The molecule has 0 radical (unpaired) electrons. The van der Waals surface area contributed by atoms with Crippen LogP contribution in [0.15, 0.2) is 86.0 Å². The molecule has 8 atom stereocenters. The SMILES string of the molecule is C=CCCC(=O)OC[C@H](NC(=O)[C@@H]1[C@H]2O[C@@]3(CC2Br)[C@H](C(=O)N(CC=C)CCN2CCOCC2)N([C@H](CO)c2ccccc2)C(=O)[C@@H]13)c1ccccc1. The third-order valence-corrected chi connectivity index (χ3v) is 11.7. The molecule has 0 aliphatic carbocycles. The summed E-state index contributed by atoms with van der Waals surface area (Å²) in [6.45, 7) is 11.0. The first kappa shape index (κ1) is 38.8. The van der Waals surface area contributed by atoms with Crippen LogP contribution in [0.5, 0.6) is 0 Å². The summed E-state index contributed by atoms with van der Waals surface area (Å²) in [5.41, 5.74) is 0.0350. The van der Waals surface area contributed by atoms with E-state index in [4.69, 9.17) is 14.2 Å². The fourth-order valence-corrected chi connectivity index (χ4v) is 9.30. The Morgan fingerprint density at radius 1 is 1.06 bits per heavy atom. The maximum Gasteiger partial charge on any atom is 0.306 e. The quantitative estimate of drug-likeness (QED) is 0.141. The molecule has 284 valence electrons. The predicted molar refractivity (Wildman–Crippen MR) is 201 cm³/mol. The van der Waals surface area contributed by atoms with Crippen LogP contribution < -0.4 is 5.32 Å². The van der Waals surface area contributed by atoms with Crippen molar-refractivity contribution in [1.29, 1.82) is 0 Å². The number of halogens is 1. The van der Waals surface area contributed by atoms with E-state index in [9.17, 15) is 19.5 Å². The number of carbonyl (C=O) groups excluding carboxylic acids is 4. The zero-order chi connectivity index (χ0) is 37.5. The normalized spacial score (nSPS) is 27.5. The Labute approximate surface area is 319 Å². The minimum Gasteiger partial charge on any atom is -0.463 e. The summed E-state index contributed by atoms with van der Waals surface area (Å²) in [7, 11) is 0. The third-order valence-electron chi connectivity index (χ3n) is 10.9. The Bertz CT molecular complexity index is 1620. The fourth-order valence-electron chi connectivity index (χ4n) is 8.36. The first-order chi connectivity index (χ1) is 25.7. The standard InChI is InChI=1S/C40H49BrN4O8/c1-3-5-16-32(47)52-26-30(27-12-8-6-9-13-27)42-37(48)33-34-38(49)45(31(25-46)28-14-10-7-11-15-28)36(40(34)24-29(41)35(33)53-40)39(50)44(17-4-2)19-18-43-20-22-51-23-21-43/h3-4,6-15,29-31,33-36,46H,1-2,5,16-26H2,(H,42,48)/t29?,30-,31+,33-,34+,35-,36-,40+/m0/s1. The fraction of sp³-hybridized carbons (Fsp3) is 0.500. The van der Waals surface area contributed by atoms with E-state index in [1.807, 2.05) is 60.7 Å². The van der Waals surface area contributed by atoms with Gasteiger partial charge in [-0.25, -0.2) is 0 Å². The number of carbonyl (C=O) groups is 4. The van der Waals surface area contributed by atoms with E-state index in [1.165, 1.54) is 4.90 Å². The molecule has 12 nitrogen and oxygen atoms in total. The molecule has 4 aliphatic heterocycles. The number of ether oxygens (including phenoxy) is 3. The minimum absolute atomic E-state index is 0.112. The lowest BCUT2D eigenvalue weighted by atomic mass is 9.70. The summed E-state index contributed by atoms with van der Waals surface area (Å²) in [6, 6.07) is 15.6. The van der Waals surface area contributed by atoms with E-state index in [0.717, 1.165) is 18.7 Å². The summed E-state index contributed by atoms with van der Waals surface area (Å²) in [5.74, 6) is -3.59. The van der Waals surface area contributed by atoms with Crippen molar-refractivity contribution in [2.75, 3.05) is 59.2 Å². The van der Waals surface area contributed by atoms with E-state index in [-0.39, 0.29) is 30.3 Å². The molecule has 53 heavy (non-hydrogen) atoms. The van der Waals surface area contributed by atoms with Gasteiger partial charge in [-0.05, 0) is 24.0 Å². The number of aliphatic hydroxyl groups excluding tert-OH is 1. The van der Waals surface area contributed by atoms with Gasteiger partial charge in [-0.3, -0.25) is 24.1 Å². The number of amides is 3. The zero-order valence-electron chi connectivity index (χ0n) is 29.9. The Hall–Kier alpha value is -3.88. The number of hydrogen-bond donors (Lipinski definition) is 2. The molecule has 1 unspecified atom stereocenters. The molecule has 2 aromatic rings. The van der Waals surface area contributed by atoms with Gasteiger partial charge in [-0.15, -0.1) is 13.2 Å². The lowest BCUT2D eigenvalue weighted by Gasteiger charge is -2.40. The van der Waals surface area contributed by atoms with Gasteiger partial charge in [0.15, 0.2) is 0 Å². The average Bonchev–Trinajstić information content (AvgIpc) is 3.78. The second-order valence-corrected chi connectivity index (χ2v) is 15.2. The van der Waals surface area contributed by atoms with Gasteiger partial charge in [0.1, 0.15) is 18.2 Å². The van der Waals surface area contributed by atoms with Gasteiger partial charge in [0.2, 0.25) is 17.7 Å². The smallest absolute Gasteiger partial charge is 0.306 e. The largest absolute Gasteiger partial charge is 0.463 e. The van der Waals surface area contributed by atoms with Crippen molar-refractivity contribution in [3.05, 3.63) is 97.1 Å². The lowest BCUT2D eigenvalue weighted by Crippen LogP contribution is -2.58. The number of hydrogen-bond acceptors (Lipinski definition) is 9. The number of fused-ring (bicyclic) bond motifs is 1. The van der Waals surface area contributed by atoms with Crippen LogP contribution in [-0.4, -0.2) is 125 Å².